The second kappa shape index (κ2) is 7.80. The van der Waals surface area contributed by atoms with Crippen molar-refractivity contribution in [3.05, 3.63) is 0 Å². The summed E-state index contributed by atoms with van der Waals surface area (Å²) in [6, 6.07) is 0.236. The maximum atomic E-state index is 11.2. The van der Waals surface area contributed by atoms with Crippen LogP contribution in [0.15, 0.2) is 0 Å². The minimum atomic E-state index is 0.0875. The lowest BCUT2D eigenvalue weighted by Gasteiger charge is -2.09. The zero-order valence-electron chi connectivity index (χ0n) is 9.89. The SMILES string of the molecule is CC(C)CCCNCC(=O)NC(C)C. The molecule has 0 spiro atoms. The molecule has 0 heterocycles. The van der Waals surface area contributed by atoms with E-state index in [1.165, 1.54) is 6.42 Å². The van der Waals surface area contributed by atoms with Gasteiger partial charge in [-0.15, -0.1) is 0 Å². The normalized spacial score (nSPS) is 11.0. The van der Waals surface area contributed by atoms with Crippen LogP contribution in [0.1, 0.15) is 40.5 Å². The Kier molecular flexibility index (Phi) is 7.48. The fourth-order valence-corrected chi connectivity index (χ4v) is 1.21. The van der Waals surface area contributed by atoms with E-state index in [4.69, 9.17) is 0 Å². The Bertz CT molecular complexity index is 155. The van der Waals surface area contributed by atoms with Crippen LogP contribution in [0.25, 0.3) is 0 Å². The Hall–Kier alpha value is -0.570. The molecule has 0 saturated heterocycles. The molecule has 84 valence electrons. The molecule has 3 nitrogen and oxygen atoms in total. The van der Waals surface area contributed by atoms with Gasteiger partial charge in [0.15, 0.2) is 0 Å². The second-order valence-electron chi connectivity index (χ2n) is 4.44. The molecule has 0 atom stereocenters. The van der Waals surface area contributed by atoms with Crippen LogP contribution in [0.4, 0.5) is 0 Å². The molecule has 0 rings (SSSR count). The summed E-state index contributed by atoms with van der Waals surface area (Å²) in [6.07, 6.45) is 2.37. The summed E-state index contributed by atoms with van der Waals surface area (Å²) < 4.78 is 0. The minimum absolute atomic E-state index is 0.0875. The predicted octanol–water partition coefficient (Wildman–Crippen LogP) is 1.54. The molecule has 0 aliphatic heterocycles. The number of hydrogen-bond acceptors (Lipinski definition) is 2. The zero-order chi connectivity index (χ0) is 11.0. The molecule has 3 heteroatoms. The highest BCUT2D eigenvalue weighted by molar-refractivity contribution is 5.78. The fourth-order valence-electron chi connectivity index (χ4n) is 1.21. The second-order valence-corrected chi connectivity index (χ2v) is 4.44. The van der Waals surface area contributed by atoms with Crippen LogP contribution >= 0.6 is 0 Å². The van der Waals surface area contributed by atoms with E-state index in [2.05, 4.69) is 24.5 Å². The number of nitrogens with one attached hydrogen (secondary N) is 2. The van der Waals surface area contributed by atoms with E-state index in [0.29, 0.717) is 6.54 Å². The van der Waals surface area contributed by atoms with Gasteiger partial charge in [0.2, 0.25) is 5.91 Å². The van der Waals surface area contributed by atoms with Gasteiger partial charge in [-0.3, -0.25) is 4.79 Å². The lowest BCUT2D eigenvalue weighted by molar-refractivity contribution is -0.120. The molecule has 0 radical (unpaired) electrons. The molecule has 2 N–H and O–H groups in total. The third-order valence-electron chi connectivity index (χ3n) is 1.87. The molecule has 0 aromatic heterocycles. The number of carbonyl (C=O) groups is 1. The number of carbonyl (C=O) groups excluding carboxylic acids is 1. The molecule has 0 bridgehead atoms. The van der Waals surface area contributed by atoms with E-state index in [1.807, 2.05) is 13.8 Å². The van der Waals surface area contributed by atoms with E-state index < -0.39 is 0 Å². The average Bonchev–Trinajstić information content (AvgIpc) is 2.01. The zero-order valence-corrected chi connectivity index (χ0v) is 9.89. The Balaban J connectivity index is 3.23. The topological polar surface area (TPSA) is 41.1 Å². The number of rotatable bonds is 7. The Morgan fingerprint density at radius 2 is 1.86 bits per heavy atom. The smallest absolute Gasteiger partial charge is 0.234 e. The Morgan fingerprint density at radius 3 is 2.36 bits per heavy atom. The molecule has 0 unspecified atom stereocenters. The molecule has 0 aliphatic carbocycles. The van der Waals surface area contributed by atoms with Crippen molar-refractivity contribution in [1.29, 1.82) is 0 Å². The molecule has 0 saturated carbocycles. The monoisotopic (exact) mass is 200 g/mol. The number of hydrogen-bond donors (Lipinski definition) is 2. The first-order valence-electron chi connectivity index (χ1n) is 5.52. The van der Waals surface area contributed by atoms with Crippen molar-refractivity contribution in [3.8, 4) is 0 Å². The summed E-state index contributed by atoms with van der Waals surface area (Å²) >= 11 is 0. The maximum Gasteiger partial charge on any atom is 0.234 e. The first kappa shape index (κ1) is 13.4. The van der Waals surface area contributed by atoms with Gasteiger partial charge in [0.1, 0.15) is 0 Å². The summed E-state index contributed by atoms with van der Waals surface area (Å²) in [4.78, 5) is 11.2. The van der Waals surface area contributed by atoms with Crippen LogP contribution in [0.3, 0.4) is 0 Å². The van der Waals surface area contributed by atoms with Gasteiger partial charge in [-0.1, -0.05) is 13.8 Å². The van der Waals surface area contributed by atoms with Crippen molar-refractivity contribution < 1.29 is 4.79 Å². The molecule has 0 fully saturated rings. The predicted molar refractivity (Wildman–Crippen MR) is 60.2 cm³/mol. The van der Waals surface area contributed by atoms with Crippen molar-refractivity contribution in [3.63, 3.8) is 0 Å². The number of amides is 1. The van der Waals surface area contributed by atoms with Gasteiger partial charge in [0.25, 0.3) is 0 Å². The van der Waals surface area contributed by atoms with Gasteiger partial charge < -0.3 is 10.6 Å². The summed E-state index contributed by atoms with van der Waals surface area (Å²) in [5.41, 5.74) is 0. The molecule has 0 aromatic carbocycles. The first-order chi connectivity index (χ1) is 6.52. The molecule has 0 aromatic rings. The molecular formula is C11H24N2O. The van der Waals surface area contributed by atoms with Crippen molar-refractivity contribution in [2.24, 2.45) is 5.92 Å². The maximum absolute atomic E-state index is 11.2. The van der Waals surface area contributed by atoms with E-state index in [1.54, 1.807) is 0 Å². The molecule has 1 amide bonds. The summed E-state index contributed by atoms with van der Waals surface area (Å²) in [7, 11) is 0. The van der Waals surface area contributed by atoms with Crippen LogP contribution in [0.2, 0.25) is 0 Å². The highest BCUT2D eigenvalue weighted by Crippen LogP contribution is 2.01. The Labute approximate surface area is 87.6 Å². The largest absolute Gasteiger partial charge is 0.353 e. The molecule has 14 heavy (non-hydrogen) atoms. The van der Waals surface area contributed by atoms with Crippen molar-refractivity contribution in [1.82, 2.24) is 10.6 Å². The van der Waals surface area contributed by atoms with E-state index >= 15 is 0 Å². The fraction of sp³-hybridized carbons (Fsp3) is 0.909. The quantitative estimate of drug-likeness (QED) is 0.612. The highest BCUT2D eigenvalue weighted by Gasteiger charge is 2.01. The van der Waals surface area contributed by atoms with Crippen LogP contribution in [0.5, 0.6) is 0 Å². The van der Waals surface area contributed by atoms with Crippen molar-refractivity contribution >= 4 is 5.91 Å². The van der Waals surface area contributed by atoms with Gasteiger partial charge >= 0.3 is 0 Å². The highest BCUT2D eigenvalue weighted by atomic mass is 16.1. The van der Waals surface area contributed by atoms with Crippen LogP contribution in [0, 0.1) is 5.92 Å². The van der Waals surface area contributed by atoms with Crippen molar-refractivity contribution in [2.75, 3.05) is 13.1 Å². The summed E-state index contributed by atoms with van der Waals surface area (Å²) in [6.45, 7) is 9.74. The van der Waals surface area contributed by atoms with Crippen LogP contribution in [-0.2, 0) is 4.79 Å². The Morgan fingerprint density at radius 1 is 1.21 bits per heavy atom. The van der Waals surface area contributed by atoms with E-state index in [9.17, 15) is 4.79 Å². The lowest BCUT2D eigenvalue weighted by atomic mass is 10.1. The average molecular weight is 200 g/mol. The van der Waals surface area contributed by atoms with Crippen molar-refractivity contribution in [2.45, 2.75) is 46.6 Å². The van der Waals surface area contributed by atoms with Crippen LogP contribution in [-0.4, -0.2) is 25.0 Å². The van der Waals surface area contributed by atoms with Gasteiger partial charge in [-0.05, 0) is 39.2 Å². The standard InChI is InChI=1S/C11H24N2O/c1-9(2)6-5-7-12-8-11(14)13-10(3)4/h9-10,12H,5-8H2,1-4H3,(H,13,14). The summed E-state index contributed by atoms with van der Waals surface area (Å²) in [5.74, 6) is 0.839. The van der Waals surface area contributed by atoms with Gasteiger partial charge in [0.05, 0.1) is 6.54 Å². The van der Waals surface area contributed by atoms with Crippen LogP contribution < -0.4 is 10.6 Å². The van der Waals surface area contributed by atoms with Gasteiger partial charge in [0, 0.05) is 6.04 Å². The van der Waals surface area contributed by atoms with Gasteiger partial charge in [-0.25, -0.2) is 0 Å². The minimum Gasteiger partial charge on any atom is -0.353 e. The molecular weight excluding hydrogens is 176 g/mol. The lowest BCUT2D eigenvalue weighted by Crippen LogP contribution is -2.37. The summed E-state index contributed by atoms with van der Waals surface area (Å²) in [5, 5.41) is 5.97. The van der Waals surface area contributed by atoms with E-state index in [-0.39, 0.29) is 11.9 Å². The first-order valence-corrected chi connectivity index (χ1v) is 5.52. The van der Waals surface area contributed by atoms with Gasteiger partial charge in [-0.2, -0.15) is 0 Å². The molecule has 0 aliphatic rings. The third kappa shape index (κ3) is 9.52. The van der Waals surface area contributed by atoms with E-state index in [0.717, 1.165) is 18.9 Å². The third-order valence-corrected chi connectivity index (χ3v) is 1.87.